The van der Waals surface area contributed by atoms with Gasteiger partial charge in [0.15, 0.2) is 0 Å². The molecule has 2 aromatic carbocycles. The third-order valence-electron chi connectivity index (χ3n) is 4.38. The maximum atomic E-state index is 6.59. The first-order valence-electron chi connectivity index (χ1n) is 7.91. The lowest BCUT2D eigenvalue weighted by Crippen LogP contribution is -2.40. The fraction of sp³-hybridized carbons (Fsp3) is 0.300. The molecule has 122 valence electrons. The summed E-state index contributed by atoms with van der Waals surface area (Å²) in [6.45, 7) is 11.3. The summed E-state index contributed by atoms with van der Waals surface area (Å²) in [5, 5.41) is 0.863. The van der Waals surface area contributed by atoms with Crippen LogP contribution in [0, 0.1) is 0 Å². The topological polar surface area (TPSA) is 9.23 Å². The molecule has 0 aromatic heterocycles. The third-order valence-corrected chi connectivity index (χ3v) is 8.96. The lowest BCUT2D eigenvalue weighted by molar-refractivity contribution is 0.460. The summed E-state index contributed by atoms with van der Waals surface area (Å²) in [5.74, 6) is 0.894. The van der Waals surface area contributed by atoms with Gasteiger partial charge in [-0.15, -0.1) is 0 Å². The molecule has 0 N–H and O–H groups in total. The zero-order valence-corrected chi connectivity index (χ0v) is 16.3. The van der Waals surface area contributed by atoms with Gasteiger partial charge in [0.25, 0.3) is 8.32 Å². The van der Waals surface area contributed by atoms with Crippen molar-refractivity contribution in [3.8, 4) is 0 Å². The standard InChI is InChI=1S/C20H25ClOSi/c1-20(2,3)23(4,5)22-19(14-16-10-7-6-8-11-16)17-12-9-13-18(21)15-17/h6-15H,1-5H3/b19-14-. The number of benzene rings is 2. The Balaban J connectivity index is 2.46. The van der Waals surface area contributed by atoms with E-state index in [9.17, 15) is 0 Å². The average Bonchev–Trinajstić information content (AvgIpc) is 2.46. The highest BCUT2D eigenvalue weighted by atomic mass is 35.5. The minimum absolute atomic E-state index is 0.140. The summed E-state index contributed by atoms with van der Waals surface area (Å²) >= 11 is 6.18. The maximum absolute atomic E-state index is 6.59. The van der Waals surface area contributed by atoms with Crippen molar-refractivity contribution in [1.82, 2.24) is 0 Å². The fourth-order valence-corrected chi connectivity index (χ4v) is 3.17. The Labute approximate surface area is 146 Å². The Morgan fingerprint density at radius 3 is 2.22 bits per heavy atom. The normalized spacial score (nSPS) is 13.0. The highest BCUT2D eigenvalue weighted by Gasteiger charge is 2.39. The average molecular weight is 345 g/mol. The van der Waals surface area contributed by atoms with Crippen molar-refractivity contribution in [2.75, 3.05) is 0 Å². The number of rotatable bonds is 4. The molecular weight excluding hydrogens is 320 g/mol. The minimum atomic E-state index is -1.93. The molecule has 0 aliphatic carbocycles. The monoisotopic (exact) mass is 344 g/mol. The highest BCUT2D eigenvalue weighted by molar-refractivity contribution is 6.74. The molecule has 3 heteroatoms. The van der Waals surface area contributed by atoms with Crippen LogP contribution in [0.15, 0.2) is 54.6 Å². The summed E-state index contributed by atoms with van der Waals surface area (Å²) in [4.78, 5) is 0. The van der Waals surface area contributed by atoms with Crippen molar-refractivity contribution in [3.63, 3.8) is 0 Å². The minimum Gasteiger partial charge on any atom is -0.543 e. The van der Waals surface area contributed by atoms with Crippen molar-refractivity contribution < 1.29 is 4.43 Å². The zero-order valence-electron chi connectivity index (χ0n) is 14.6. The van der Waals surface area contributed by atoms with Crippen LogP contribution in [0.25, 0.3) is 11.8 Å². The van der Waals surface area contributed by atoms with Crippen LogP contribution in [0.5, 0.6) is 0 Å². The lowest BCUT2D eigenvalue weighted by atomic mass is 10.1. The summed E-state index contributed by atoms with van der Waals surface area (Å²) in [6, 6.07) is 18.1. The number of halogens is 1. The first-order chi connectivity index (χ1) is 10.7. The largest absolute Gasteiger partial charge is 0.543 e. The third kappa shape index (κ3) is 4.73. The van der Waals surface area contributed by atoms with Crippen LogP contribution in [0.2, 0.25) is 23.2 Å². The van der Waals surface area contributed by atoms with E-state index in [1.807, 2.05) is 42.5 Å². The molecule has 0 spiro atoms. The van der Waals surface area contributed by atoms with Crippen LogP contribution >= 0.6 is 11.6 Å². The summed E-state index contributed by atoms with van der Waals surface area (Å²) in [5.41, 5.74) is 2.15. The van der Waals surface area contributed by atoms with E-state index in [-0.39, 0.29) is 5.04 Å². The molecule has 1 nitrogen and oxygen atoms in total. The first kappa shape index (κ1) is 17.8. The Bertz CT molecular complexity index is 684. The van der Waals surface area contributed by atoms with E-state index in [0.29, 0.717) is 0 Å². The molecule has 0 fully saturated rings. The molecule has 0 heterocycles. The van der Waals surface area contributed by atoms with E-state index in [1.165, 1.54) is 0 Å². The Morgan fingerprint density at radius 1 is 1.00 bits per heavy atom. The van der Waals surface area contributed by atoms with Crippen LogP contribution in [0.4, 0.5) is 0 Å². The Hall–Kier alpha value is -1.51. The van der Waals surface area contributed by atoms with E-state index in [1.54, 1.807) is 0 Å². The van der Waals surface area contributed by atoms with Gasteiger partial charge in [0.2, 0.25) is 0 Å². The van der Waals surface area contributed by atoms with Crippen LogP contribution in [0.1, 0.15) is 31.9 Å². The van der Waals surface area contributed by atoms with Crippen molar-refractivity contribution in [1.29, 1.82) is 0 Å². The molecule has 0 saturated heterocycles. The quantitative estimate of drug-likeness (QED) is 0.334. The summed E-state index contributed by atoms with van der Waals surface area (Å²) < 4.78 is 6.59. The van der Waals surface area contributed by atoms with Crippen LogP contribution in [0.3, 0.4) is 0 Å². The van der Waals surface area contributed by atoms with Gasteiger partial charge in [-0.3, -0.25) is 0 Å². The smallest absolute Gasteiger partial charge is 0.250 e. The van der Waals surface area contributed by atoms with Crippen LogP contribution in [-0.2, 0) is 4.43 Å². The molecule has 2 rings (SSSR count). The van der Waals surface area contributed by atoms with Gasteiger partial charge in [-0.1, -0.05) is 74.8 Å². The van der Waals surface area contributed by atoms with Crippen LogP contribution < -0.4 is 0 Å². The number of hydrogen-bond donors (Lipinski definition) is 0. The first-order valence-corrected chi connectivity index (χ1v) is 11.2. The van der Waals surface area contributed by atoms with Gasteiger partial charge in [-0.25, -0.2) is 0 Å². The van der Waals surface area contributed by atoms with Crippen molar-refractivity contribution >= 4 is 31.8 Å². The molecule has 0 radical (unpaired) electrons. The molecule has 0 aliphatic heterocycles. The summed E-state index contributed by atoms with van der Waals surface area (Å²) in [7, 11) is -1.93. The van der Waals surface area contributed by atoms with Gasteiger partial charge in [-0.2, -0.15) is 0 Å². The van der Waals surface area contributed by atoms with Crippen LogP contribution in [-0.4, -0.2) is 8.32 Å². The van der Waals surface area contributed by atoms with E-state index in [4.69, 9.17) is 16.0 Å². The van der Waals surface area contributed by atoms with E-state index < -0.39 is 8.32 Å². The molecule has 0 aliphatic rings. The van der Waals surface area contributed by atoms with Gasteiger partial charge >= 0.3 is 0 Å². The Morgan fingerprint density at radius 2 is 1.65 bits per heavy atom. The molecule has 23 heavy (non-hydrogen) atoms. The molecule has 2 aromatic rings. The second kappa shape index (κ2) is 6.94. The van der Waals surface area contributed by atoms with Gasteiger partial charge in [0, 0.05) is 10.6 Å². The fourth-order valence-electron chi connectivity index (χ4n) is 1.94. The van der Waals surface area contributed by atoms with Crippen molar-refractivity contribution in [2.45, 2.75) is 38.9 Å². The van der Waals surface area contributed by atoms with Gasteiger partial charge in [0.05, 0.1) is 0 Å². The van der Waals surface area contributed by atoms with Crippen molar-refractivity contribution in [2.24, 2.45) is 0 Å². The lowest BCUT2D eigenvalue weighted by Gasteiger charge is -2.37. The van der Waals surface area contributed by atoms with Gasteiger partial charge < -0.3 is 4.43 Å². The zero-order chi connectivity index (χ0) is 17.1. The Kier molecular flexibility index (Phi) is 5.38. The molecule has 0 atom stereocenters. The SMILES string of the molecule is CC(C)(C)[Si](C)(C)O/C(=C\c1ccccc1)c1cccc(Cl)c1. The molecule has 0 saturated carbocycles. The summed E-state index contributed by atoms with van der Waals surface area (Å²) in [6.07, 6.45) is 2.10. The van der Waals surface area contributed by atoms with E-state index in [0.717, 1.165) is 21.9 Å². The number of hydrogen-bond acceptors (Lipinski definition) is 1. The van der Waals surface area contributed by atoms with Gasteiger partial charge in [-0.05, 0) is 41.9 Å². The van der Waals surface area contributed by atoms with Crippen molar-refractivity contribution in [3.05, 3.63) is 70.7 Å². The van der Waals surface area contributed by atoms with E-state index >= 15 is 0 Å². The van der Waals surface area contributed by atoms with Gasteiger partial charge in [0.1, 0.15) is 5.76 Å². The molecule has 0 amide bonds. The van der Waals surface area contributed by atoms with E-state index in [2.05, 4.69) is 52.1 Å². The predicted molar refractivity (Wildman–Crippen MR) is 104 cm³/mol. The maximum Gasteiger partial charge on any atom is 0.250 e. The second-order valence-corrected chi connectivity index (χ2v) is 12.5. The highest BCUT2D eigenvalue weighted by Crippen LogP contribution is 2.40. The molecule has 0 unspecified atom stereocenters. The molecular formula is C20H25ClOSi. The molecule has 0 bridgehead atoms. The predicted octanol–water partition coefficient (Wildman–Crippen LogP) is 6.86. The second-order valence-electron chi connectivity index (χ2n) is 7.29.